The van der Waals surface area contributed by atoms with Gasteiger partial charge in [-0.05, 0) is 54.5 Å². The third-order valence-electron chi connectivity index (χ3n) is 3.51. The Kier molecular flexibility index (Phi) is 3.29. The van der Waals surface area contributed by atoms with Crippen molar-refractivity contribution in [3.63, 3.8) is 0 Å². The van der Waals surface area contributed by atoms with Crippen LogP contribution in [0.25, 0.3) is 0 Å². The highest BCUT2D eigenvalue weighted by Crippen LogP contribution is 2.30. The van der Waals surface area contributed by atoms with Crippen LogP contribution in [0.5, 0.6) is 0 Å². The van der Waals surface area contributed by atoms with Crippen LogP contribution < -0.4 is 5.32 Å². The molecule has 1 saturated heterocycles. The number of benzene rings is 1. The minimum absolute atomic E-state index is 0.0535. The fourth-order valence-corrected chi connectivity index (χ4v) is 2.51. The maximum Gasteiger partial charge on any atom is 0.126 e. The highest BCUT2D eigenvalue weighted by molar-refractivity contribution is 5.37. The molecule has 0 radical (unpaired) electrons. The van der Waals surface area contributed by atoms with Crippen LogP contribution in [-0.4, -0.2) is 13.1 Å². The monoisotopic (exact) mass is 221 g/mol. The van der Waals surface area contributed by atoms with E-state index in [1.807, 2.05) is 20.8 Å². The number of hydrogen-bond acceptors (Lipinski definition) is 1. The van der Waals surface area contributed by atoms with Crippen LogP contribution in [0.1, 0.15) is 48.8 Å². The molecule has 1 heterocycles. The molecule has 0 bridgehead atoms. The van der Waals surface area contributed by atoms with Gasteiger partial charge in [0, 0.05) is 6.54 Å². The van der Waals surface area contributed by atoms with Gasteiger partial charge >= 0.3 is 0 Å². The molecular weight excluding hydrogens is 201 g/mol. The third-order valence-corrected chi connectivity index (χ3v) is 3.51. The molecule has 0 amide bonds. The molecule has 2 rings (SSSR count). The summed E-state index contributed by atoms with van der Waals surface area (Å²) in [5, 5.41) is 3.37. The van der Waals surface area contributed by atoms with E-state index in [0.29, 0.717) is 5.92 Å². The van der Waals surface area contributed by atoms with Crippen LogP contribution in [0.15, 0.2) is 12.1 Å². The lowest BCUT2D eigenvalue weighted by atomic mass is 9.89. The van der Waals surface area contributed by atoms with Crippen LogP contribution in [0, 0.1) is 12.7 Å². The smallest absolute Gasteiger partial charge is 0.126 e. The molecule has 1 N–H and O–H groups in total. The van der Waals surface area contributed by atoms with E-state index in [1.54, 1.807) is 6.07 Å². The lowest BCUT2D eigenvalue weighted by Crippen LogP contribution is -2.09. The Hall–Kier alpha value is -0.890. The van der Waals surface area contributed by atoms with Gasteiger partial charge in [-0.25, -0.2) is 4.39 Å². The molecule has 2 heteroatoms. The average Bonchev–Trinajstić information content (AvgIpc) is 2.70. The normalized spacial score (nSPS) is 20.7. The molecule has 1 fully saturated rings. The second-order valence-electron chi connectivity index (χ2n) is 5.07. The first-order chi connectivity index (χ1) is 7.59. The van der Waals surface area contributed by atoms with Gasteiger partial charge in [0.15, 0.2) is 0 Å². The topological polar surface area (TPSA) is 12.0 Å². The molecule has 1 unspecified atom stereocenters. The van der Waals surface area contributed by atoms with Gasteiger partial charge in [-0.2, -0.15) is 0 Å². The summed E-state index contributed by atoms with van der Waals surface area (Å²) in [5.41, 5.74) is 3.28. The zero-order chi connectivity index (χ0) is 11.7. The zero-order valence-corrected chi connectivity index (χ0v) is 10.3. The fourth-order valence-electron chi connectivity index (χ4n) is 2.51. The van der Waals surface area contributed by atoms with Gasteiger partial charge in [0.1, 0.15) is 5.82 Å². The maximum absolute atomic E-state index is 13.8. The van der Waals surface area contributed by atoms with Crippen molar-refractivity contribution < 1.29 is 4.39 Å². The van der Waals surface area contributed by atoms with Crippen molar-refractivity contribution in [1.29, 1.82) is 0 Å². The summed E-state index contributed by atoms with van der Waals surface area (Å²) in [4.78, 5) is 0. The van der Waals surface area contributed by atoms with Crippen LogP contribution in [0.3, 0.4) is 0 Å². The Morgan fingerprint density at radius 2 is 2.12 bits per heavy atom. The van der Waals surface area contributed by atoms with Gasteiger partial charge in [-0.1, -0.05) is 19.9 Å². The van der Waals surface area contributed by atoms with E-state index >= 15 is 0 Å². The van der Waals surface area contributed by atoms with E-state index in [2.05, 4.69) is 11.4 Å². The minimum Gasteiger partial charge on any atom is -0.316 e. The van der Waals surface area contributed by atoms with Gasteiger partial charge in [0.05, 0.1) is 0 Å². The first-order valence-electron chi connectivity index (χ1n) is 6.10. The number of hydrogen-bond donors (Lipinski definition) is 1. The summed E-state index contributed by atoms with van der Waals surface area (Å²) in [7, 11) is 0. The molecule has 1 atom stereocenters. The second-order valence-corrected chi connectivity index (χ2v) is 5.07. The Balaban J connectivity index is 2.40. The SMILES string of the molecule is Cc1cc(F)c(C(C)C)cc1C1CCNC1. The predicted molar refractivity (Wildman–Crippen MR) is 65.5 cm³/mol. The molecule has 0 saturated carbocycles. The molecule has 88 valence electrons. The minimum atomic E-state index is -0.0535. The summed E-state index contributed by atoms with van der Waals surface area (Å²) < 4.78 is 13.8. The standard InChI is InChI=1S/C14H20FN/c1-9(2)12-7-13(10(3)6-14(12)15)11-4-5-16-8-11/h6-7,9,11,16H,4-5,8H2,1-3H3. The lowest BCUT2D eigenvalue weighted by molar-refractivity contribution is 0.593. The Morgan fingerprint density at radius 1 is 1.38 bits per heavy atom. The van der Waals surface area contributed by atoms with Gasteiger partial charge in [0.25, 0.3) is 0 Å². The summed E-state index contributed by atoms with van der Waals surface area (Å²) >= 11 is 0. The van der Waals surface area contributed by atoms with Gasteiger partial charge < -0.3 is 5.32 Å². The van der Waals surface area contributed by atoms with Crippen molar-refractivity contribution in [1.82, 2.24) is 5.32 Å². The van der Waals surface area contributed by atoms with Crippen molar-refractivity contribution in [2.75, 3.05) is 13.1 Å². The highest BCUT2D eigenvalue weighted by atomic mass is 19.1. The molecule has 0 aliphatic carbocycles. The number of halogens is 1. The number of aryl methyl sites for hydroxylation is 1. The molecule has 1 aliphatic rings. The van der Waals surface area contributed by atoms with Crippen LogP contribution >= 0.6 is 0 Å². The van der Waals surface area contributed by atoms with E-state index in [4.69, 9.17) is 0 Å². The highest BCUT2D eigenvalue weighted by Gasteiger charge is 2.20. The molecule has 0 aromatic heterocycles. The quantitative estimate of drug-likeness (QED) is 0.807. The molecule has 1 aromatic rings. The van der Waals surface area contributed by atoms with E-state index in [1.165, 1.54) is 12.0 Å². The first kappa shape index (κ1) is 11.6. The van der Waals surface area contributed by atoms with Gasteiger partial charge in [0.2, 0.25) is 0 Å². The molecule has 1 nitrogen and oxygen atoms in total. The number of nitrogens with one attached hydrogen (secondary N) is 1. The maximum atomic E-state index is 13.8. The number of rotatable bonds is 2. The fraction of sp³-hybridized carbons (Fsp3) is 0.571. The summed E-state index contributed by atoms with van der Waals surface area (Å²) in [5.74, 6) is 0.772. The zero-order valence-electron chi connectivity index (χ0n) is 10.3. The van der Waals surface area contributed by atoms with Crippen molar-refractivity contribution in [3.05, 3.63) is 34.6 Å². The second kappa shape index (κ2) is 4.54. The Bertz CT molecular complexity index is 379. The lowest BCUT2D eigenvalue weighted by Gasteiger charge is -2.16. The summed E-state index contributed by atoms with van der Waals surface area (Å²) in [6.45, 7) is 8.22. The molecular formula is C14H20FN. The average molecular weight is 221 g/mol. The van der Waals surface area contributed by atoms with E-state index in [-0.39, 0.29) is 11.7 Å². The largest absolute Gasteiger partial charge is 0.316 e. The van der Waals surface area contributed by atoms with Crippen molar-refractivity contribution in [2.24, 2.45) is 0 Å². The molecule has 16 heavy (non-hydrogen) atoms. The van der Waals surface area contributed by atoms with Gasteiger partial charge in [-0.15, -0.1) is 0 Å². The predicted octanol–water partition coefficient (Wildman–Crippen LogP) is 3.33. The van der Waals surface area contributed by atoms with Crippen LogP contribution in [-0.2, 0) is 0 Å². The van der Waals surface area contributed by atoms with Crippen molar-refractivity contribution >= 4 is 0 Å². The van der Waals surface area contributed by atoms with E-state index < -0.39 is 0 Å². The summed E-state index contributed by atoms with van der Waals surface area (Å²) in [6.07, 6.45) is 1.17. The van der Waals surface area contributed by atoms with Crippen molar-refractivity contribution in [3.8, 4) is 0 Å². The molecule has 1 aliphatic heterocycles. The van der Waals surface area contributed by atoms with E-state index in [0.717, 1.165) is 24.2 Å². The third kappa shape index (κ3) is 2.12. The van der Waals surface area contributed by atoms with Crippen LogP contribution in [0.2, 0.25) is 0 Å². The summed E-state index contributed by atoms with van der Waals surface area (Å²) in [6, 6.07) is 3.77. The van der Waals surface area contributed by atoms with E-state index in [9.17, 15) is 4.39 Å². The Labute approximate surface area is 97.1 Å². The van der Waals surface area contributed by atoms with Crippen molar-refractivity contribution in [2.45, 2.75) is 39.0 Å². The van der Waals surface area contributed by atoms with Gasteiger partial charge in [-0.3, -0.25) is 0 Å². The molecule has 0 spiro atoms. The Morgan fingerprint density at radius 3 is 2.69 bits per heavy atom. The molecule has 1 aromatic carbocycles. The van der Waals surface area contributed by atoms with Crippen LogP contribution in [0.4, 0.5) is 4.39 Å². The first-order valence-corrected chi connectivity index (χ1v) is 6.10.